The van der Waals surface area contributed by atoms with E-state index in [0.29, 0.717) is 16.9 Å². The molecule has 6 nitrogen and oxygen atoms in total. The molecular weight excluding hydrogens is 352 g/mol. The molecule has 0 spiro atoms. The van der Waals surface area contributed by atoms with Crippen LogP contribution in [0.25, 0.3) is 0 Å². The average molecular weight is 365 g/mol. The minimum Gasteiger partial charge on any atom is -0.321 e. The van der Waals surface area contributed by atoms with Crippen LogP contribution in [0.2, 0.25) is 0 Å². The Balaban J connectivity index is 1.86. The summed E-state index contributed by atoms with van der Waals surface area (Å²) in [6, 6.07) is 13.2. The van der Waals surface area contributed by atoms with Gasteiger partial charge in [-0.15, -0.1) is 0 Å². The fourth-order valence-corrected chi connectivity index (χ4v) is 2.33. The zero-order valence-electron chi connectivity index (χ0n) is 14.1. The van der Waals surface area contributed by atoms with E-state index in [4.69, 9.17) is 5.26 Å². The van der Waals surface area contributed by atoms with E-state index >= 15 is 0 Å². The number of aryl methyl sites for hydroxylation is 1. The Hall–Kier alpha value is -3.86. The first-order chi connectivity index (χ1) is 13.0. The fourth-order valence-electron chi connectivity index (χ4n) is 2.33. The molecular formula is C19H13F2N5O. The van der Waals surface area contributed by atoms with Crippen molar-refractivity contribution >= 4 is 23.2 Å². The SMILES string of the molecule is Cc1cc(C(=O)Nc2cccc(C#N)c2)nc(Nc2c(F)cccc2F)n1. The molecule has 0 saturated carbocycles. The number of halogens is 2. The molecule has 0 radical (unpaired) electrons. The third-order valence-electron chi connectivity index (χ3n) is 3.54. The topological polar surface area (TPSA) is 90.7 Å². The first-order valence-electron chi connectivity index (χ1n) is 7.84. The number of aromatic nitrogens is 2. The van der Waals surface area contributed by atoms with E-state index in [2.05, 4.69) is 20.6 Å². The molecule has 0 bridgehead atoms. The van der Waals surface area contributed by atoms with Crippen LogP contribution in [0.3, 0.4) is 0 Å². The maximum atomic E-state index is 13.8. The van der Waals surface area contributed by atoms with Gasteiger partial charge in [0.05, 0.1) is 11.6 Å². The maximum absolute atomic E-state index is 13.8. The van der Waals surface area contributed by atoms with Gasteiger partial charge in [0.25, 0.3) is 5.91 Å². The Bertz CT molecular complexity index is 1040. The molecule has 3 rings (SSSR count). The van der Waals surface area contributed by atoms with E-state index in [9.17, 15) is 13.6 Å². The number of hydrogen-bond acceptors (Lipinski definition) is 5. The van der Waals surface area contributed by atoms with Crippen LogP contribution < -0.4 is 10.6 Å². The lowest BCUT2D eigenvalue weighted by atomic mass is 10.2. The molecule has 0 atom stereocenters. The van der Waals surface area contributed by atoms with Crippen molar-refractivity contribution in [2.75, 3.05) is 10.6 Å². The van der Waals surface area contributed by atoms with Gasteiger partial charge >= 0.3 is 0 Å². The summed E-state index contributed by atoms with van der Waals surface area (Å²) < 4.78 is 27.6. The zero-order chi connectivity index (χ0) is 19.4. The lowest BCUT2D eigenvalue weighted by Crippen LogP contribution is -2.16. The van der Waals surface area contributed by atoms with Crippen LogP contribution >= 0.6 is 0 Å². The van der Waals surface area contributed by atoms with Crippen LogP contribution in [-0.4, -0.2) is 15.9 Å². The molecule has 8 heteroatoms. The number of anilines is 3. The normalized spacial score (nSPS) is 10.1. The number of amides is 1. The summed E-state index contributed by atoms with van der Waals surface area (Å²) in [6.45, 7) is 1.62. The van der Waals surface area contributed by atoms with Gasteiger partial charge in [0, 0.05) is 11.4 Å². The predicted octanol–water partition coefficient (Wildman–Crippen LogP) is 3.93. The number of rotatable bonds is 4. The summed E-state index contributed by atoms with van der Waals surface area (Å²) >= 11 is 0. The Labute approximate surface area is 153 Å². The summed E-state index contributed by atoms with van der Waals surface area (Å²) in [5.74, 6) is -2.28. The quantitative estimate of drug-likeness (QED) is 0.731. The number of benzene rings is 2. The van der Waals surface area contributed by atoms with Crippen molar-refractivity contribution in [1.82, 2.24) is 9.97 Å². The second-order valence-electron chi connectivity index (χ2n) is 5.59. The Morgan fingerprint density at radius 3 is 2.48 bits per heavy atom. The number of carbonyl (C=O) groups excluding carboxylic acids is 1. The van der Waals surface area contributed by atoms with Gasteiger partial charge in [-0.3, -0.25) is 4.79 Å². The van der Waals surface area contributed by atoms with Crippen LogP contribution in [0.1, 0.15) is 21.7 Å². The monoisotopic (exact) mass is 365 g/mol. The molecule has 2 aromatic carbocycles. The summed E-state index contributed by atoms with van der Waals surface area (Å²) in [6.07, 6.45) is 0. The van der Waals surface area contributed by atoms with Crippen LogP contribution in [0.15, 0.2) is 48.5 Å². The van der Waals surface area contributed by atoms with Gasteiger partial charge in [-0.2, -0.15) is 5.26 Å². The Kier molecular flexibility index (Phi) is 5.04. The molecule has 0 aliphatic carbocycles. The van der Waals surface area contributed by atoms with Crippen molar-refractivity contribution in [1.29, 1.82) is 5.26 Å². The minimum absolute atomic E-state index is 0.00380. The number of para-hydroxylation sites is 1. The van der Waals surface area contributed by atoms with E-state index in [1.54, 1.807) is 25.1 Å². The molecule has 1 aromatic heterocycles. The molecule has 0 fully saturated rings. The average Bonchev–Trinajstić information content (AvgIpc) is 2.64. The number of hydrogen-bond donors (Lipinski definition) is 2. The van der Waals surface area contributed by atoms with Gasteiger partial charge < -0.3 is 10.6 Å². The number of carbonyl (C=O) groups is 1. The van der Waals surface area contributed by atoms with Gasteiger partial charge in [0.1, 0.15) is 23.0 Å². The molecule has 0 aliphatic rings. The highest BCUT2D eigenvalue weighted by Crippen LogP contribution is 2.21. The predicted molar refractivity (Wildman–Crippen MR) is 95.5 cm³/mol. The molecule has 0 saturated heterocycles. The van der Waals surface area contributed by atoms with Gasteiger partial charge in [-0.1, -0.05) is 12.1 Å². The smallest absolute Gasteiger partial charge is 0.274 e. The summed E-state index contributed by atoms with van der Waals surface area (Å²) in [4.78, 5) is 20.5. The van der Waals surface area contributed by atoms with Crippen LogP contribution in [0.4, 0.5) is 26.1 Å². The second kappa shape index (κ2) is 7.58. The summed E-state index contributed by atoms with van der Waals surface area (Å²) in [5, 5.41) is 14.0. The lowest BCUT2D eigenvalue weighted by Gasteiger charge is -2.10. The molecule has 1 amide bonds. The van der Waals surface area contributed by atoms with Crippen molar-refractivity contribution in [3.8, 4) is 6.07 Å². The number of nitriles is 1. The molecule has 2 N–H and O–H groups in total. The summed E-state index contributed by atoms with van der Waals surface area (Å²) in [5.41, 5.74) is 0.842. The molecule has 0 aliphatic heterocycles. The highest BCUT2D eigenvalue weighted by molar-refractivity contribution is 6.03. The molecule has 1 heterocycles. The maximum Gasteiger partial charge on any atom is 0.274 e. The molecule has 134 valence electrons. The van der Waals surface area contributed by atoms with Crippen molar-refractivity contribution < 1.29 is 13.6 Å². The lowest BCUT2D eigenvalue weighted by molar-refractivity contribution is 0.102. The van der Waals surface area contributed by atoms with Crippen LogP contribution in [-0.2, 0) is 0 Å². The highest BCUT2D eigenvalue weighted by Gasteiger charge is 2.14. The molecule has 27 heavy (non-hydrogen) atoms. The highest BCUT2D eigenvalue weighted by atomic mass is 19.1. The standard InChI is InChI=1S/C19H13F2N5O/c1-11-8-16(18(27)24-13-5-2-4-12(9-13)10-22)25-19(23-11)26-17-14(20)6-3-7-15(17)21/h2-9H,1H3,(H,24,27)(H,23,25,26). The van der Waals surface area contributed by atoms with E-state index in [1.165, 1.54) is 18.2 Å². The minimum atomic E-state index is -0.806. The first-order valence-corrected chi connectivity index (χ1v) is 7.84. The van der Waals surface area contributed by atoms with Gasteiger partial charge in [0.15, 0.2) is 0 Å². The van der Waals surface area contributed by atoms with Gasteiger partial charge in [0.2, 0.25) is 5.95 Å². The van der Waals surface area contributed by atoms with E-state index in [1.807, 2.05) is 6.07 Å². The molecule has 3 aromatic rings. The second-order valence-corrected chi connectivity index (χ2v) is 5.59. The largest absolute Gasteiger partial charge is 0.321 e. The number of nitrogens with one attached hydrogen (secondary N) is 2. The van der Waals surface area contributed by atoms with Crippen molar-refractivity contribution in [2.24, 2.45) is 0 Å². The third-order valence-corrected chi connectivity index (χ3v) is 3.54. The number of nitrogens with zero attached hydrogens (tertiary/aromatic N) is 3. The van der Waals surface area contributed by atoms with Crippen molar-refractivity contribution in [3.63, 3.8) is 0 Å². The Morgan fingerprint density at radius 1 is 1.07 bits per heavy atom. The van der Waals surface area contributed by atoms with Crippen LogP contribution in [0.5, 0.6) is 0 Å². The van der Waals surface area contributed by atoms with E-state index in [-0.39, 0.29) is 11.6 Å². The van der Waals surface area contributed by atoms with Gasteiger partial charge in [-0.05, 0) is 43.3 Å². The van der Waals surface area contributed by atoms with E-state index in [0.717, 1.165) is 12.1 Å². The van der Waals surface area contributed by atoms with Crippen molar-refractivity contribution in [3.05, 3.63) is 77.1 Å². The fraction of sp³-hybridized carbons (Fsp3) is 0.0526. The first kappa shape index (κ1) is 17.9. The Morgan fingerprint density at radius 2 is 1.78 bits per heavy atom. The zero-order valence-corrected chi connectivity index (χ0v) is 14.1. The third kappa shape index (κ3) is 4.22. The van der Waals surface area contributed by atoms with Crippen LogP contribution in [0, 0.1) is 29.9 Å². The van der Waals surface area contributed by atoms with Crippen molar-refractivity contribution in [2.45, 2.75) is 6.92 Å². The molecule has 0 unspecified atom stereocenters. The summed E-state index contributed by atoms with van der Waals surface area (Å²) in [7, 11) is 0. The van der Waals surface area contributed by atoms with E-state index < -0.39 is 23.2 Å². The van der Waals surface area contributed by atoms with Gasteiger partial charge in [-0.25, -0.2) is 18.7 Å².